The highest BCUT2D eigenvalue weighted by Gasteiger charge is 2.15. The third-order valence-electron chi connectivity index (χ3n) is 2.40. The van der Waals surface area contributed by atoms with E-state index in [0.717, 1.165) is 38.5 Å². The summed E-state index contributed by atoms with van der Waals surface area (Å²) in [6.45, 7) is 3.52. The largest absolute Gasteiger partial charge is 0.494 e. The Morgan fingerprint density at radius 2 is 1.93 bits per heavy atom. The van der Waals surface area contributed by atoms with Gasteiger partial charge in [0.25, 0.3) is 0 Å². The van der Waals surface area contributed by atoms with E-state index in [-0.39, 0.29) is 0 Å². The fraction of sp³-hybridized carbons (Fsp3) is 0.500. The number of hydrogen-bond donors (Lipinski definition) is 1. The molecule has 1 aromatic rings. The third-order valence-corrected chi connectivity index (χ3v) is 2.40. The minimum Gasteiger partial charge on any atom is -0.494 e. The van der Waals surface area contributed by atoms with E-state index in [9.17, 15) is 0 Å². The molecule has 0 radical (unpaired) electrons. The lowest BCUT2D eigenvalue weighted by atomic mass is 10.2. The lowest BCUT2D eigenvalue weighted by molar-refractivity contribution is 0.0136. The highest BCUT2D eigenvalue weighted by Crippen LogP contribution is 2.08. The van der Waals surface area contributed by atoms with Gasteiger partial charge in [0.05, 0.1) is 19.3 Å². The summed E-state index contributed by atoms with van der Waals surface area (Å²) in [4.78, 5) is 0. The van der Waals surface area contributed by atoms with E-state index in [2.05, 4.69) is 5.32 Å². The molecule has 2 rings (SSSR count). The van der Waals surface area contributed by atoms with Gasteiger partial charge in [-0.15, -0.1) is 0 Å². The predicted molar refractivity (Wildman–Crippen MR) is 59.2 cm³/mol. The van der Waals surface area contributed by atoms with E-state index in [0.29, 0.717) is 6.10 Å². The minimum atomic E-state index is 0.432. The topological polar surface area (TPSA) is 30.5 Å². The van der Waals surface area contributed by atoms with E-state index in [1.807, 2.05) is 30.3 Å². The maximum absolute atomic E-state index is 5.57. The number of hydrogen-bond acceptors (Lipinski definition) is 3. The summed E-state index contributed by atoms with van der Waals surface area (Å²) < 4.78 is 11.1. The number of ether oxygens (including phenoxy) is 2. The first-order valence-corrected chi connectivity index (χ1v) is 5.45. The summed E-state index contributed by atoms with van der Waals surface area (Å²) in [5.41, 5.74) is 0. The smallest absolute Gasteiger partial charge is 0.119 e. The average Bonchev–Trinajstić information content (AvgIpc) is 2.22. The van der Waals surface area contributed by atoms with Crippen molar-refractivity contribution in [2.45, 2.75) is 12.5 Å². The Kier molecular flexibility index (Phi) is 4.00. The van der Waals surface area contributed by atoms with Crippen molar-refractivity contribution in [2.75, 3.05) is 26.3 Å². The molecule has 3 heteroatoms. The van der Waals surface area contributed by atoms with Gasteiger partial charge in [-0.1, -0.05) is 18.2 Å². The molecule has 0 aromatic heterocycles. The first-order chi connectivity index (χ1) is 7.45. The summed E-state index contributed by atoms with van der Waals surface area (Å²) in [6, 6.07) is 9.88. The molecule has 82 valence electrons. The highest BCUT2D eigenvalue weighted by atomic mass is 16.5. The molecule has 1 heterocycles. The molecular formula is C12H17NO2. The Bertz CT molecular complexity index is 272. The second-order valence-corrected chi connectivity index (χ2v) is 3.67. The van der Waals surface area contributed by atoms with Gasteiger partial charge in [-0.3, -0.25) is 0 Å². The molecule has 1 fully saturated rings. The average molecular weight is 207 g/mol. The molecule has 1 aliphatic heterocycles. The van der Waals surface area contributed by atoms with Crippen LogP contribution in [0.25, 0.3) is 0 Å². The molecule has 0 amide bonds. The van der Waals surface area contributed by atoms with Crippen molar-refractivity contribution in [2.24, 2.45) is 0 Å². The molecule has 1 aliphatic rings. The number of nitrogens with one attached hydrogen (secondary N) is 1. The molecular weight excluding hydrogens is 190 g/mol. The van der Waals surface area contributed by atoms with Crippen LogP contribution in [-0.4, -0.2) is 32.4 Å². The fourth-order valence-electron chi connectivity index (χ4n) is 1.40. The van der Waals surface area contributed by atoms with Gasteiger partial charge in [-0.2, -0.15) is 0 Å². The fourth-order valence-corrected chi connectivity index (χ4v) is 1.40. The zero-order valence-corrected chi connectivity index (χ0v) is 8.82. The molecule has 1 aromatic carbocycles. The summed E-state index contributed by atoms with van der Waals surface area (Å²) in [6.07, 6.45) is 1.38. The van der Waals surface area contributed by atoms with Gasteiger partial charge in [0.15, 0.2) is 0 Å². The number of benzene rings is 1. The SMILES string of the molecule is c1ccc(OCCCOC2CNC2)cc1. The maximum Gasteiger partial charge on any atom is 0.119 e. The standard InChI is InChI=1S/C12H17NO2/c1-2-5-11(6-3-1)14-7-4-8-15-12-9-13-10-12/h1-3,5-6,12-13H,4,7-10H2. The molecule has 0 bridgehead atoms. The lowest BCUT2D eigenvalue weighted by Crippen LogP contribution is -2.48. The van der Waals surface area contributed by atoms with E-state index >= 15 is 0 Å². The quantitative estimate of drug-likeness (QED) is 0.716. The van der Waals surface area contributed by atoms with Crippen LogP contribution in [0, 0.1) is 0 Å². The third kappa shape index (κ3) is 3.53. The van der Waals surface area contributed by atoms with Crippen LogP contribution in [0.4, 0.5) is 0 Å². The van der Waals surface area contributed by atoms with E-state index in [4.69, 9.17) is 9.47 Å². The molecule has 0 aliphatic carbocycles. The molecule has 0 spiro atoms. The second kappa shape index (κ2) is 5.73. The highest BCUT2D eigenvalue weighted by molar-refractivity contribution is 5.20. The van der Waals surface area contributed by atoms with Gasteiger partial charge in [-0.05, 0) is 12.1 Å². The van der Waals surface area contributed by atoms with Crippen molar-refractivity contribution in [3.8, 4) is 5.75 Å². The van der Waals surface area contributed by atoms with E-state index < -0.39 is 0 Å². The van der Waals surface area contributed by atoms with Gasteiger partial charge < -0.3 is 14.8 Å². The summed E-state index contributed by atoms with van der Waals surface area (Å²) >= 11 is 0. The second-order valence-electron chi connectivity index (χ2n) is 3.67. The Morgan fingerprint density at radius 1 is 1.13 bits per heavy atom. The van der Waals surface area contributed by atoms with Crippen LogP contribution in [-0.2, 0) is 4.74 Å². The first kappa shape index (κ1) is 10.5. The van der Waals surface area contributed by atoms with Crippen LogP contribution in [0.1, 0.15) is 6.42 Å². The van der Waals surface area contributed by atoms with Crippen molar-refractivity contribution in [3.05, 3.63) is 30.3 Å². The van der Waals surface area contributed by atoms with Crippen LogP contribution in [0.15, 0.2) is 30.3 Å². The Morgan fingerprint density at radius 3 is 2.60 bits per heavy atom. The van der Waals surface area contributed by atoms with Crippen molar-refractivity contribution < 1.29 is 9.47 Å². The monoisotopic (exact) mass is 207 g/mol. The molecule has 0 unspecified atom stereocenters. The van der Waals surface area contributed by atoms with Crippen molar-refractivity contribution >= 4 is 0 Å². The predicted octanol–water partition coefficient (Wildman–Crippen LogP) is 1.44. The molecule has 3 nitrogen and oxygen atoms in total. The summed E-state index contributed by atoms with van der Waals surface area (Å²) in [5.74, 6) is 0.933. The molecule has 15 heavy (non-hydrogen) atoms. The minimum absolute atomic E-state index is 0.432. The van der Waals surface area contributed by atoms with Crippen LogP contribution >= 0.6 is 0 Å². The van der Waals surface area contributed by atoms with Crippen molar-refractivity contribution in [1.82, 2.24) is 5.32 Å². The zero-order valence-electron chi connectivity index (χ0n) is 8.82. The molecule has 1 N–H and O–H groups in total. The van der Waals surface area contributed by atoms with Crippen molar-refractivity contribution in [3.63, 3.8) is 0 Å². The number of para-hydroxylation sites is 1. The van der Waals surface area contributed by atoms with Crippen LogP contribution in [0.2, 0.25) is 0 Å². The van der Waals surface area contributed by atoms with Gasteiger partial charge in [0.1, 0.15) is 5.75 Å². The van der Waals surface area contributed by atoms with Gasteiger partial charge in [-0.25, -0.2) is 0 Å². The molecule has 1 saturated heterocycles. The molecule has 0 saturated carbocycles. The van der Waals surface area contributed by atoms with Gasteiger partial charge in [0.2, 0.25) is 0 Å². The molecule has 0 atom stereocenters. The van der Waals surface area contributed by atoms with Crippen LogP contribution < -0.4 is 10.1 Å². The van der Waals surface area contributed by atoms with Crippen LogP contribution in [0.3, 0.4) is 0 Å². The van der Waals surface area contributed by atoms with E-state index in [1.165, 1.54) is 0 Å². The van der Waals surface area contributed by atoms with Gasteiger partial charge in [0, 0.05) is 19.5 Å². The Hall–Kier alpha value is -1.06. The summed E-state index contributed by atoms with van der Waals surface area (Å²) in [5, 5.41) is 3.17. The first-order valence-electron chi connectivity index (χ1n) is 5.45. The Labute approximate surface area is 90.4 Å². The Balaban J connectivity index is 1.51. The van der Waals surface area contributed by atoms with Gasteiger partial charge >= 0.3 is 0 Å². The number of rotatable bonds is 6. The summed E-state index contributed by atoms with van der Waals surface area (Å²) in [7, 11) is 0. The van der Waals surface area contributed by atoms with Crippen LogP contribution in [0.5, 0.6) is 5.75 Å². The zero-order chi connectivity index (χ0) is 10.3. The van der Waals surface area contributed by atoms with E-state index in [1.54, 1.807) is 0 Å². The lowest BCUT2D eigenvalue weighted by Gasteiger charge is -2.27. The normalized spacial score (nSPS) is 16.0. The van der Waals surface area contributed by atoms with Crippen molar-refractivity contribution in [1.29, 1.82) is 0 Å². The maximum atomic E-state index is 5.57.